The van der Waals surface area contributed by atoms with E-state index < -0.39 is 0 Å². The first kappa shape index (κ1) is 9.30. The number of carbonyl (C=O) groups excluding carboxylic acids is 1. The first-order valence-corrected chi connectivity index (χ1v) is 4.49. The van der Waals surface area contributed by atoms with Crippen LogP contribution in [0.3, 0.4) is 0 Å². The molecule has 1 amide bonds. The van der Waals surface area contributed by atoms with E-state index in [1.807, 2.05) is 0 Å². The van der Waals surface area contributed by atoms with Gasteiger partial charge in [0, 0.05) is 6.04 Å². The molecule has 0 aromatic rings. The standard InChI is InChI=1S/C10H17NO/c1-4-9(12)11-8-6-5-7-10(8,2)3/h4,8H,1,5-7H2,2-3H3,(H,11,12). The van der Waals surface area contributed by atoms with Gasteiger partial charge >= 0.3 is 0 Å². The van der Waals surface area contributed by atoms with E-state index >= 15 is 0 Å². The number of nitrogens with one attached hydrogen (secondary N) is 1. The lowest BCUT2D eigenvalue weighted by Gasteiger charge is -2.27. The molecule has 2 heteroatoms. The molecule has 1 saturated carbocycles. The molecule has 0 heterocycles. The van der Waals surface area contributed by atoms with Crippen LogP contribution in [0.2, 0.25) is 0 Å². The van der Waals surface area contributed by atoms with Crippen LogP contribution >= 0.6 is 0 Å². The first-order valence-electron chi connectivity index (χ1n) is 4.49. The molecule has 0 radical (unpaired) electrons. The summed E-state index contributed by atoms with van der Waals surface area (Å²) in [7, 11) is 0. The van der Waals surface area contributed by atoms with Crippen LogP contribution in [0.5, 0.6) is 0 Å². The average molecular weight is 167 g/mol. The molecule has 0 spiro atoms. The van der Waals surface area contributed by atoms with Gasteiger partial charge in [-0.2, -0.15) is 0 Å². The predicted molar refractivity (Wildman–Crippen MR) is 49.8 cm³/mol. The summed E-state index contributed by atoms with van der Waals surface area (Å²) in [6, 6.07) is 0.336. The lowest BCUT2D eigenvalue weighted by atomic mass is 9.87. The van der Waals surface area contributed by atoms with Gasteiger partial charge in [0.2, 0.25) is 5.91 Å². The summed E-state index contributed by atoms with van der Waals surface area (Å²) in [6.45, 7) is 7.84. The zero-order valence-electron chi connectivity index (χ0n) is 7.89. The van der Waals surface area contributed by atoms with Crippen LogP contribution in [-0.4, -0.2) is 11.9 Å². The highest BCUT2D eigenvalue weighted by molar-refractivity contribution is 5.87. The van der Waals surface area contributed by atoms with Gasteiger partial charge in [0.15, 0.2) is 0 Å². The Hall–Kier alpha value is -0.790. The summed E-state index contributed by atoms with van der Waals surface area (Å²) < 4.78 is 0. The van der Waals surface area contributed by atoms with Crippen LogP contribution in [0.4, 0.5) is 0 Å². The number of hydrogen-bond donors (Lipinski definition) is 1. The van der Waals surface area contributed by atoms with Gasteiger partial charge in [0.05, 0.1) is 0 Å². The summed E-state index contributed by atoms with van der Waals surface area (Å²) >= 11 is 0. The lowest BCUT2D eigenvalue weighted by molar-refractivity contribution is -0.117. The van der Waals surface area contributed by atoms with Crippen molar-refractivity contribution in [1.29, 1.82) is 0 Å². The molecule has 12 heavy (non-hydrogen) atoms. The van der Waals surface area contributed by atoms with Crippen molar-refractivity contribution in [1.82, 2.24) is 5.32 Å². The van der Waals surface area contributed by atoms with Gasteiger partial charge in [-0.25, -0.2) is 0 Å². The molecule has 68 valence electrons. The van der Waals surface area contributed by atoms with E-state index in [1.54, 1.807) is 0 Å². The van der Waals surface area contributed by atoms with Gasteiger partial charge in [-0.1, -0.05) is 26.8 Å². The van der Waals surface area contributed by atoms with E-state index in [4.69, 9.17) is 0 Å². The maximum Gasteiger partial charge on any atom is 0.243 e. The Balaban J connectivity index is 2.52. The maximum atomic E-state index is 11.0. The second kappa shape index (κ2) is 3.30. The van der Waals surface area contributed by atoms with E-state index in [0.29, 0.717) is 6.04 Å². The largest absolute Gasteiger partial charge is 0.349 e. The first-order chi connectivity index (χ1) is 5.56. The molecule has 0 aromatic heterocycles. The molecule has 1 N–H and O–H groups in total. The van der Waals surface area contributed by atoms with Crippen molar-refractivity contribution < 1.29 is 4.79 Å². The molecule has 0 aliphatic heterocycles. The summed E-state index contributed by atoms with van der Waals surface area (Å²) in [5.74, 6) is -0.0463. The third kappa shape index (κ3) is 1.87. The molecule has 1 fully saturated rings. The van der Waals surface area contributed by atoms with Crippen molar-refractivity contribution in [2.75, 3.05) is 0 Å². The minimum atomic E-state index is -0.0463. The van der Waals surface area contributed by atoms with Gasteiger partial charge in [0.25, 0.3) is 0 Å². The van der Waals surface area contributed by atoms with Crippen molar-refractivity contribution in [3.05, 3.63) is 12.7 Å². The van der Waals surface area contributed by atoms with Gasteiger partial charge in [-0.15, -0.1) is 0 Å². The normalized spacial score (nSPS) is 26.7. The fourth-order valence-electron chi connectivity index (χ4n) is 1.82. The topological polar surface area (TPSA) is 29.1 Å². The van der Waals surface area contributed by atoms with Crippen molar-refractivity contribution in [2.24, 2.45) is 5.41 Å². The molecule has 0 aromatic carbocycles. The minimum Gasteiger partial charge on any atom is -0.349 e. The summed E-state index contributed by atoms with van der Waals surface area (Å²) in [4.78, 5) is 11.0. The van der Waals surface area contributed by atoms with Gasteiger partial charge in [0.1, 0.15) is 0 Å². The molecule has 1 unspecified atom stereocenters. The Morgan fingerprint density at radius 1 is 1.67 bits per heavy atom. The minimum absolute atomic E-state index is 0.0463. The number of amides is 1. The number of carbonyl (C=O) groups is 1. The molecule has 1 atom stereocenters. The zero-order chi connectivity index (χ0) is 9.19. The highest BCUT2D eigenvalue weighted by atomic mass is 16.1. The van der Waals surface area contributed by atoms with E-state index in [0.717, 1.165) is 6.42 Å². The van der Waals surface area contributed by atoms with Crippen LogP contribution in [-0.2, 0) is 4.79 Å². The van der Waals surface area contributed by atoms with Crippen molar-refractivity contribution in [2.45, 2.75) is 39.2 Å². The van der Waals surface area contributed by atoms with Crippen LogP contribution in [0.15, 0.2) is 12.7 Å². The highest BCUT2D eigenvalue weighted by Gasteiger charge is 2.34. The van der Waals surface area contributed by atoms with E-state index in [-0.39, 0.29) is 11.3 Å². The molecule has 0 bridgehead atoms. The Morgan fingerprint density at radius 3 is 2.75 bits per heavy atom. The predicted octanol–water partition coefficient (Wildman–Crippen LogP) is 1.87. The molecule has 1 rings (SSSR count). The molecule has 2 nitrogen and oxygen atoms in total. The molecule has 0 saturated heterocycles. The van der Waals surface area contributed by atoms with Crippen LogP contribution in [0, 0.1) is 5.41 Å². The fraction of sp³-hybridized carbons (Fsp3) is 0.700. The molecule has 1 aliphatic carbocycles. The van der Waals surface area contributed by atoms with Crippen LogP contribution in [0.1, 0.15) is 33.1 Å². The summed E-state index contributed by atoms with van der Waals surface area (Å²) in [6.07, 6.45) is 4.87. The van der Waals surface area contributed by atoms with Gasteiger partial charge in [-0.05, 0) is 24.3 Å². The Bertz CT molecular complexity index is 196. The van der Waals surface area contributed by atoms with Crippen molar-refractivity contribution in [3.63, 3.8) is 0 Å². The molecular formula is C10H17NO. The van der Waals surface area contributed by atoms with E-state index in [1.165, 1.54) is 18.9 Å². The average Bonchev–Trinajstić information content (AvgIpc) is 2.31. The lowest BCUT2D eigenvalue weighted by Crippen LogP contribution is -2.40. The monoisotopic (exact) mass is 167 g/mol. The maximum absolute atomic E-state index is 11.0. The van der Waals surface area contributed by atoms with Crippen molar-refractivity contribution in [3.8, 4) is 0 Å². The van der Waals surface area contributed by atoms with E-state index in [2.05, 4.69) is 25.7 Å². The third-order valence-corrected chi connectivity index (χ3v) is 2.76. The van der Waals surface area contributed by atoms with Crippen LogP contribution in [0.25, 0.3) is 0 Å². The molecule has 1 aliphatic rings. The summed E-state index contributed by atoms with van der Waals surface area (Å²) in [5, 5.41) is 2.96. The van der Waals surface area contributed by atoms with Gasteiger partial charge in [-0.3, -0.25) is 4.79 Å². The SMILES string of the molecule is C=CC(=O)NC1CCCC1(C)C. The smallest absolute Gasteiger partial charge is 0.243 e. The number of rotatable bonds is 2. The van der Waals surface area contributed by atoms with Gasteiger partial charge < -0.3 is 5.32 Å². The quantitative estimate of drug-likeness (QED) is 0.625. The Labute approximate surface area is 74.0 Å². The Morgan fingerprint density at radius 2 is 2.33 bits per heavy atom. The second-order valence-corrected chi connectivity index (χ2v) is 4.15. The van der Waals surface area contributed by atoms with E-state index in [9.17, 15) is 4.79 Å². The number of hydrogen-bond acceptors (Lipinski definition) is 1. The highest BCUT2D eigenvalue weighted by Crippen LogP contribution is 2.36. The summed E-state index contributed by atoms with van der Waals surface area (Å²) in [5.41, 5.74) is 0.263. The second-order valence-electron chi connectivity index (χ2n) is 4.15. The zero-order valence-corrected chi connectivity index (χ0v) is 7.89. The third-order valence-electron chi connectivity index (χ3n) is 2.76. The van der Waals surface area contributed by atoms with Crippen molar-refractivity contribution >= 4 is 5.91 Å². The Kier molecular flexibility index (Phi) is 2.55. The molecular weight excluding hydrogens is 150 g/mol. The van der Waals surface area contributed by atoms with Crippen LogP contribution < -0.4 is 5.32 Å². The fourth-order valence-corrected chi connectivity index (χ4v) is 1.82.